The molecule has 2 rings (SSSR count). The van der Waals surface area contributed by atoms with E-state index in [0.29, 0.717) is 22.9 Å². The van der Waals surface area contributed by atoms with Gasteiger partial charge in [0.25, 0.3) is 0 Å². The first-order valence-corrected chi connectivity index (χ1v) is 7.72. The van der Waals surface area contributed by atoms with Crippen LogP contribution in [0, 0.1) is 0 Å². The minimum Gasteiger partial charge on any atom is -0.487 e. The fourth-order valence-corrected chi connectivity index (χ4v) is 2.43. The van der Waals surface area contributed by atoms with Crippen molar-refractivity contribution in [2.45, 2.75) is 6.61 Å². The zero-order chi connectivity index (χ0) is 15.9. The molecule has 0 aliphatic heterocycles. The summed E-state index contributed by atoms with van der Waals surface area (Å²) in [4.78, 5) is 11.7. The second-order valence-corrected chi connectivity index (χ2v) is 5.77. The number of rotatable bonds is 6. The molecule has 0 radical (unpaired) electrons. The van der Waals surface area contributed by atoms with Crippen LogP contribution in [-0.2, 0) is 11.3 Å². The van der Waals surface area contributed by atoms with Crippen LogP contribution in [0.25, 0.3) is 0 Å². The van der Waals surface area contributed by atoms with Gasteiger partial charge in [-0.2, -0.15) is 0 Å². The van der Waals surface area contributed by atoms with E-state index in [-0.39, 0.29) is 6.61 Å². The Kier molecular flexibility index (Phi) is 6.04. The Bertz CT molecular complexity index is 685. The maximum absolute atomic E-state index is 11.7. The van der Waals surface area contributed by atoms with Gasteiger partial charge in [-0.3, -0.25) is 0 Å². The van der Waals surface area contributed by atoms with Gasteiger partial charge in [0.05, 0.1) is 10.6 Å². The molecule has 0 aliphatic rings. The highest BCUT2D eigenvalue weighted by molar-refractivity contribution is 9.10. The van der Waals surface area contributed by atoms with Crippen LogP contribution in [0.4, 0.5) is 0 Å². The molecular formula is C17H14BrClO3. The average Bonchev–Trinajstić information content (AvgIpc) is 2.51. The molecule has 0 saturated heterocycles. The Labute approximate surface area is 142 Å². The Morgan fingerprint density at radius 1 is 1.27 bits per heavy atom. The summed E-state index contributed by atoms with van der Waals surface area (Å²) < 4.78 is 11.6. The van der Waals surface area contributed by atoms with Crippen LogP contribution in [0.15, 0.2) is 59.6 Å². The average molecular weight is 382 g/mol. The molecule has 0 aromatic heterocycles. The number of ether oxygens (including phenoxy) is 2. The van der Waals surface area contributed by atoms with Crippen molar-refractivity contribution in [1.82, 2.24) is 0 Å². The fraction of sp³-hybridized carbons (Fsp3) is 0.118. The SMILES string of the molecule is C=CCOC(=O)c1ccc(OCc2cccc(Br)c2)c(Cl)c1. The molecule has 0 spiro atoms. The number of hydrogen-bond acceptors (Lipinski definition) is 3. The summed E-state index contributed by atoms with van der Waals surface area (Å²) in [5, 5.41) is 0.364. The van der Waals surface area contributed by atoms with Crippen molar-refractivity contribution in [2.24, 2.45) is 0 Å². The zero-order valence-electron chi connectivity index (χ0n) is 11.7. The van der Waals surface area contributed by atoms with Crippen LogP contribution in [-0.4, -0.2) is 12.6 Å². The van der Waals surface area contributed by atoms with Crippen molar-refractivity contribution < 1.29 is 14.3 Å². The molecule has 0 unspecified atom stereocenters. The second-order valence-electron chi connectivity index (χ2n) is 4.45. The highest BCUT2D eigenvalue weighted by Gasteiger charge is 2.10. The molecule has 0 saturated carbocycles. The summed E-state index contributed by atoms with van der Waals surface area (Å²) in [5.41, 5.74) is 1.39. The summed E-state index contributed by atoms with van der Waals surface area (Å²) in [6.07, 6.45) is 1.51. The summed E-state index contributed by atoms with van der Waals surface area (Å²) in [7, 11) is 0. The van der Waals surface area contributed by atoms with Crippen LogP contribution in [0.5, 0.6) is 5.75 Å². The first-order valence-electron chi connectivity index (χ1n) is 6.55. The first kappa shape index (κ1) is 16.6. The molecular weight excluding hydrogens is 368 g/mol. The fourth-order valence-electron chi connectivity index (χ4n) is 1.75. The lowest BCUT2D eigenvalue weighted by molar-refractivity contribution is 0.0549. The molecule has 0 heterocycles. The van der Waals surface area contributed by atoms with Gasteiger partial charge in [0.2, 0.25) is 0 Å². The maximum atomic E-state index is 11.7. The summed E-state index contributed by atoms with van der Waals surface area (Å²) in [5.74, 6) is 0.0715. The highest BCUT2D eigenvalue weighted by atomic mass is 79.9. The lowest BCUT2D eigenvalue weighted by Gasteiger charge is -2.09. The van der Waals surface area contributed by atoms with Gasteiger partial charge in [-0.05, 0) is 35.9 Å². The summed E-state index contributed by atoms with van der Waals surface area (Å²) in [6.45, 7) is 4.04. The topological polar surface area (TPSA) is 35.5 Å². The molecule has 0 N–H and O–H groups in total. The van der Waals surface area contributed by atoms with E-state index < -0.39 is 5.97 Å². The molecule has 2 aromatic carbocycles. The Balaban J connectivity index is 2.03. The highest BCUT2D eigenvalue weighted by Crippen LogP contribution is 2.27. The molecule has 0 atom stereocenters. The minimum atomic E-state index is -0.444. The van der Waals surface area contributed by atoms with Gasteiger partial charge in [0.15, 0.2) is 0 Å². The number of esters is 1. The van der Waals surface area contributed by atoms with E-state index in [2.05, 4.69) is 22.5 Å². The van der Waals surface area contributed by atoms with E-state index in [9.17, 15) is 4.79 Å². The van der Waals surface area contributed by atoms with E-state index >= 15 is 0 Å². The zero-order valence-corrected chi connectivity index (χ0v) is 14.1. The smallest absolute Gasteiger partial charge is 0.338 e. The number of benzene rings is 2. The quantitative estimate of drug-likeness (QED) is 0.520. The van der Waals surface area contributed by atoms with E-state index in [1.165, 1.54) is 12.1 Å². The van der Waals surface area contributed by atoms with Crippen molar-refractivity contribution in [2.75, 3.05) is 6.61 Å². The summed E-state index contributed by atoms with van der Waals surface area (Å²) in [6, 6.07) is 12.6. The van der Waals surface area contributed by atoms with Gasteiger partial charge in [-0.1, -0.05) is 52.3 Å². The van der Waals surface area contributed by atoms with Crippen molar-refractivity contribution in [1.29, 1.82) is 0 Å². The second kappa shape index (κ2) is 8.01. The summed E-state index contributed by atoms with van der Waals surface area (Å²) >= 11 is 9.55. The monoisotopic (exact) mass is 380 g/mol. The standard InChI is InChI=1S/C17H14BrClO3/c1-2-8-21-17(20)13-6-7-16(15(19)10-13)22-11-12-4-3-5-14(18)9-12/h2-7,9-10H,1,8,11H2. The van der Waals surface area contributed by atoms with E-state index in [1.54, 1.807) is 12.1 Å². The minimum absolute atomic E-state index is 0.164. The molecule has 3 nitrogen and oxygen atoms in total. The molecule has 0 fully saturated rings. The van der Waals surface area contributed by atoms with Crippen LogP contribution in [0.2, 0.25) is 5.02 Å². The molecule has 0 amide bonds. The van der Waals surface area contributed by atoms with Gasteiger partial charge in [0, 0.05) is 4.47 Å². The van der Waals surface area contributed by atoms with Gasteiger partial charge >= 0.3 is 5.97 Å². The molecule has 5 heteroatoms. The molecule has 114 valence electrons. The van der Waals surface area contributed by atoms with Gasteiger partial charge in [-0.25, -0.2) is 4.79 Å². The number of carbonyl (C=O) groups excluding carboxylic acids is 1. The van der Waals surface area contributed by atoms with Crippen molar-refractivity contribution >= 4 is 33.5 Å². The lowest BCUT2D eigenvalue weighted by atomic mass is 10.2. The maximum Gasteiger partial charge on any atom is 0.338 e. The van der Waals surface area contributed by atoms with E-state index in [1.807, 2.05) is 24.3 Å². The van der Waals surface area contributed by atoms with Crippen molar-refractivity contribution in [3.63, 3.8) is 0 Å². The van der Waals surface area contributed by atoms with Gasteiger partial charge in [-0.15, -0.1) is 0 Å². The molecule has 0 aliphatic carbocycles. The van der Waals surface area contributed by atoms with E-state index in [0.717, 1.165) is 10.0 Å². The third-order valence-electron chi connectivity index (χ3n) is 2.78. The van der Waals surface area contributed by atoms with Gasteiger partial charge in [0.1, 0.15) is 19.0 Å². The van der Waals surface area contributed by atoms with Crippen LogP contribution >= 0.6 is 27.5 Å². The number of carbonyl (C=O) groups is 1. The molecule has 0 bridgehead atoms. The Hall–Kier alpha value is -1.78. The van der Waals surface area contributed by atoms with Crippen LogP contribution < -0.4 is 4.74 Å². The van der Waals surface area contributed by atoms with Crippen LogP contribution in [0.1, 0.15) is 15.9 Å². The molecule has 22 heavy (non-hydrogen) atoms. The normalized spacial score (nSPS) is 10.1. The predicted molar refractivity (Wildman–Crippen MR) is 90.4 cm³/mol. The van der Waals surface area contributed by atoms with Gasteiger partial charge < -0.3 is 9.47 Å². The van der Waals surface area contributed by atoms with E-state index in [4.69, 9.17) is 21.1 Å². The van der Waals surface area contributed by atoms with Crippen molar-refractivity contribution in [3.05, 3.63) is 75.7 Å². The Morgan fingerprint density at radius 2 is 2.09 bits per heavy atom. The predicted octanol–water partition coefficient (Wildman–Crippen LogP) is 5.02. The van der Waals surface area contributed by atoms with Crippen molar-refractivity contribution in [3.8, 4) is 5.75 Å². The lowest BCUT2D eigenvalue weighted by Crippen LogP contribution is -2.05. The third-order valence-corrected chi connectivity index (χ3v) is 3.57. The third kappa shape index (κ3) is 4.61. The van der Waals surface area contributed by atoms with Crippen LogP contribution in [0.3, 0.4) is 0 Å². The number of hydrogen-bond donors (Lipinski definition) is 0. The first-order chi connectivity index (χ1) is 10.6. The largest absolute Gasteiger partial charge is 0.487 e. The Morgan fingerprint density at radius 3 is 2.77 bits per heavy atom. The number of halogens is 2. The molecule has 2 aromatic rings.